The summed E-state index contributed by atoms with van der Waals surface area (Å²) in [5.41, 5.74) is 1.11. The van der Waals surface area contributed by atoms with E-state index in [1.165, 1.54) is 0 Å². The minimum absolute atomic E-state index is 0.628. The summed E-state index contributed by atoms with van der Waals surface area (Å²) in [6, 6.07) is 5.61. The van der Waals surface area contributed by atoms with Gasteiger partial charge in [0, 0.05) is 11.4 Å². The zero-order chi connectivity index (χ0) is 11.1. The van der Waals surface area contributed by atoms with Gasteiger partial charge in [-0.25, -0.2) is 0 Å². The third kappa shape index (κ3) is 3.92. The standard InChI is InChI=1S/C12H15ClO2/c1-15-12-7-6-11(13)9-10(12)5-3-2-4-8-14/h6-9H,2-5H2,1H3. The molecule has 0 saturated heterocycles. The van der Waals surface area contributed by atoms with Crippen molar-refractivity contribution in [2.24, 2.45) is 0 Å². The lowest BCUT2D eigenvalue weighted by molar-refractivity contribution is -0.107. The van der Waals surface area contributed by atoms with Crippen molar-refractivity contribution in [1.82, 2.24) is 0 Å². The molecule has 1 rings (SSSR count). The Kier molecular flexibility index (Phi) is 5.19. The number of rotatable bonds is 6. The molecule has 0 bridgehead atoms. The van der Waals surface area contributed by atoms with Crippen molar-refractivity contribution in [3.63, 3.8) is 0 Å². The molecule has 0 radical (unpaired) electrons. The second kappa shape index (κ2) is 6.46. The van der Waals surface area contributed by atoms with Crippen molar-refractivity contribution >= 4 is 17.9 Å². The SMILES string of the molecule is COc1ccc(Cl)cc1CCCCC=O. The molecule has 0 saturated carbocycles. The predicted octanol–water partition coefficient (Wildman–Crippen LogP) is 3.26. The molecule has 2 nitrogen and oxygen atoms in total. The average molecular weight is 227 g/mol. The Morgan fingerprint density at radius 2 is 2.20 bits per heavy atom. The van der Waals surface area contributed by atoms with Crippen molar-refractivity contribution in [1.29, 1.82) is 0 Å². The lowest BCUT2D eigenvalue weighted by atomic mass is 10.1. The van der Waals surface area contributed by atoms with E-state index in [0.717, 1.165) is 41.9 Å². The first-order chi connectivity index (χ1) is 7.27. The van der Waals surface area contributed by atoms with Gasteiger partial charge in [0.2, 0.25) is 0 Å². The van der Waals surface area contributed by atoms with Crippen LogP contribution in [0, 0.1) is 0 Å². The summed E-state index contributed by atoms with van der Waals surface area (Å²) >= 11 is 5.90. The van der Waals surface area contributed by atoms with Gasteiger partial charge in [0.05, 0.1) is 7.11 Å². The number of carbonyl (C=O) groups excluding carboxylic acids is 1. The summed E-state index contributed by atoms with van der Waals surface area (Å²) in [6.45, 7) is 0. The second-order valence-corrected chi connectivity index (χ2v) is 3.81. The van der Waals surface area contributed by atoms with E-state index in [-0.39, 0.29) is 0 Å². The van der Waals surface area contributed by atoms with E-state index in [1.807, 2.05) is 18.2 Å². The number of unbranched alkanes of at least 4 members (excludes halogenated alkanes) is 2. The monoisotopic (exact) mass is 226 g/mol. The number of carbonyl (C=O) groups is 1. The van der Waals surface area contributed by atoms with Crippen LogP contribution in [-0.2, 0) is 11.2 Å². The quantitative estimate of drug-likeness (QED) is 0.550. The number of hydrogen-bond acceptors (Lipinski definition) is 2. The maximum Gasteiger partial charge on any atom is 0.122 e. The van der Waals surface area contributed by atoms with Crippen LogP contribution in [0.5, 0.6) is 5.75 Å². The first-order valence-electron chi connectivity index (χ1n) is 5.04. The summed E-state index contributed by atoms with van der Waals surface area (Å²) in [7, 11) is 1.65. The van der Waals surface area contributed by atoms with Gasteiger partial charge in [-0.3, -0.25) is 0 Å². The number of hydrogen-bond donors (Lipinski definition) is 0. The fraction of sp³-hybridized carbons (Fsp3) is 0.417. The smallest absolute Gasteiger partial charge is 0.122 e. The molecule has 1 aromatic carbocycles. The zero-order valence-corrected chi connectivity index (χ0v) is 9.59. The molecule has 0 aromatic heterocycles. The molecule has 1 aromatic rings. The molecular formula is C12H15ClO2. The van der Waals surface area contributed by atoms with Crippen LogP contribution in [0.3, 0.4) is 0 Å². The van der Waals surface area contributed by atoms with Gasteiger partial charge < -0.3 is 9.53 Å². The van der Waals surface area contributed by atoms with Gasteiger partial charge in [0.25, 0.3) is 0 Å². The van der Waals surface area contributed by atoms with E-state index in [2.05, 4.69) is 0 Å². The van der Waals surface area contributed by atoms with Crippen LogP contribution in [0.4, 0.5) is 0 Å². The lowest BCUT2D eigenvalue weighted by Crippen LogP contribution is -1.92. The lowest BCUT2D eigenvalue weighted by Gasteiger charge is -2.08. The van der Waals surface area contributed by atoms with E-state index < -0.39 is 0 Å². The van der Waals surface area contributed by atoms with Gasteiger partial charge in [-0.15, -0.1) is 0 Å². The first-order valence-corrected chi connectivity index (χ1v) is 5.41. The third-order valence-electron chi connectivity index (χ3n) is 2.26. The summed E-state index contributed by atoms with van der Waals surface area (Å²) in [4.78, 5) is 10.1. The third-order valence-corrected chi connectivity index (χ3v) is 2.50. The van der Waals surface area contributed by atoms with E-state index >= 15 is 0 Å². The van der Waals surface area contributed by atoms with Gasteiger partial charge in [-0.1, -0.05) is 11.6 Å². The van der Waals surface area contributed by atoms with Crippen molar-refractivity contribution in [3.8, 4) is 5.75 Å². The molecule has 0 spiro atoms. The molecule has 3 heteroatoms. The van der Waals surface area contributed by atoms with E-state index in [9.17, 15) is 4.79 Å². The molecule has 0 N–H and O–H groups in total. The van der Waals surface area contributed by atoms with Gasteiger partial charge in [0.15, 0.2) is 0 Å². The number of methoxy groups -OCH3 is 1. The Bertz CT molecular complexity index is 323. The summed E-state index contributed by atoms with van der Waals surface area (Å²) in [6.07, 6.45) is 4.38. The van der Waals surface area contributed by atoms with E-state index in [1.54, 1.807) is 7.11 Å². The molecule has 0 aliphatic rings. The molecule has 0 unspecified atom stereocenters. The molecule has 0 aliphatic carbocycles. The van der Waals surface area contributed by atoms with Gasteiger partial charge in [0.1, 0.15) is 12.0 Å². The summed E-state index contributed by atoms with van der Waals surface area (Å²) in [5.74, 6) is 0.866. The van der Waals surface area contributed by atoms with Crippen molar-refractivity contribution in [2.75, 3.05) is 7.11 Å². The highest BCUT2D eigenvalue weighted by Gasteiger charge is 2.03. The molecule has 0 amide bonds. The Hall–Kier alpha value is -1.02. The minimum atomic E-state index is 0.628. The van der Waals surface area contributed by atoms with Crippen LogP contribution in [0.1, 0.15) is 24.8 Å². The molecule has 15 heavy (non-hydrogen) atoms. The Balaban J connectivity index is 2.57. The minimum Gasteiger partial charge on any atom is -0.496 e. The number of aldehydes is 1. The predicted molar refractivity (Wildman–Crippen MR) is 61.6 cm³/mol. The van der Waals surface area contributed by atoms with Crippen molar-refractivity contribution < 1.29 is 9.53 Å². The molecule has 0 heterocycles. The average Bonchev–Trinajstić information content (AvgIpc) is 2.25. The zero-order valence-electron chi connectivity index (χ0n) is 8.83. The van der Waals surface area contributed by atoms with Crippen LogP contribution < -0.4 is 4.74 Å². The number of benzene rings is 1. The molecule has 0 aliphatic heterocycles. The highest BCUT2D eigenvalue weighted by Crippen LogP contribution is 2.24. The molecule has 0 fully saturated rings. The maximum absolute atomic E-state index is 10.1. The van der Waals surface area contributed by atoms with Crippen LogP contribution in [-0.4, -0.2) is 13.4 Å². The highest BCUT2D eigenvalue weighted by molar-refractivity contribution is 6.30. The maximum atomic E-state index is 10.1. The largest absolute Gasteiger partial charge is 0.496 e. The topological polar surface area (TPSA) is 26.3 Å². The summed E-state index contributed by atoms with van der Waals surface area (Å²) < 4.78 is 5.23. The molecule has 0 atom stereocenters. The number of ether oxygens (including phenoxy) is 1. The van der Waals surface area contributed by atoms with Crippen LogP contribution in [0.25, 0.3) is 0 Å². The fourth-order valence-corrected chi connectivity index (χ4v) is 1.68. The van der Waals surface area contributed by atoms with Crippen LogP contribution >= 0.6 is 11.6 Å². The van der Waals surface area contributed by atoms with Crippen molar-refractivity contribution in [3.05, 3.63) is 28.8 Å². The Morgan fingerprint density at radius 1 is 1.40 bits per heavy atom. The summed E-state index contributed by atoms with van der Waals surface area (Å²) in [5, 5.41) is 0.723. The normalized spacial score (nSPS) is 10.0. The second-order valence-electron chi connectivity index (χ2n) is 3.37. The van der Waals surface area contributed by atoms with Gasteiger partial charge in [-0.05, 0) is 43.0 Å². The first kappa shape index (κ1) is 12.1. The van der Waals surface area contributed by atoms with Crippen LogP contribution in [0.2, 0.25) is 5.02 Å². The van der Waals surface area contributed by atoms with Crippen molar-refractivity contribution in [2.45, 2.75) is 25.7 Å². The number of aryl methyl sites for hydroxylation is 1. The van der Waals surface area contributed by atoms with Gasteiger partial charge >= 0.3 is 0 Å². The Morgan fingerprint density at radius 3 is 2.87 bits per heavy atom. The molecule has 82 valence electrons. The Labute approximate surface area is 95.2 Å². The van der Waals surface area contributed by atoms with E-state index in [0.29, 0.717) is 6.42 Å². The highest BCUT2D eigenvalue weighted by atomic mass is 35.5. The fourth-order valence-electron chi connectivity index (χ4n) is 1.49. The molecular weight excluding hydrogens is 212 g/mol. The number of halogens is 1. The van der Waals surface area contributed by atoms with E-state index in [4.69, 9.17) is 16.3 Å². The van der Waals surface area contributed by atoms with Crippen LogP contribution in [0.15, 0.2) is 18.2 Å². The van der Waals surface area contributed by atoms with Gasteiger partial charge in [-0.2, -0.15) is 0 Å².